The monoisotopic (exact) mass is 852 g/mol. The first-order valence-electron chi connectivity index (χ1n) is 23.3. The van der Waals surface area contributed by atoms with Gasteiger partial charge in [-0.15, -0.1) is 0 Å². The zero-order valence-electron chi connectivity index (χ0n) is 37.9. The maximum Gasteiger partial charge on any atom is 0.472 e. The SMILES string of the molecule is CCCCCc1cc(C)c(CCCCCCCCCCCCC(=O)O[C@H](COC(=O)CCCCCCCCc2oc(CCC)c(C)c2C)COP(=O)(O)OCCNC)o1. The van der Waals surface area contributed by atoms with Crippen LogP contribution in [0.1, 0.15) is 195 Å². The molecule has 0 amide bonds. The van der Waals surface area contributed by atoms with Crippen LogP contribution in [0.3, 0.4) is 0 Å². The highest BCUT2D eigenvalue weighted by molar-refractivity contribution is 7.47. The Morgan fingerprint density at radius 3 is 1.75 bits per heavy atom. The number of hydrogen-bond donors (Lipinski definition) is 2. The third-order valence-electron chi connectivity index (χ3n) is 11.0. The van der Waals surface area contributed by atoms with Crippen LogP contribution in [0.2, 0.25) is 0 Å². The van der Waals surface area contributed by atoms with Gasteiger partial charge in [0.05, 0.1) is 13.2 Å². The molecule has 2 aromatic heterocycles. The van der Waals surface area contributed by atoms with E-state index in [2.05, 4.69) is 46.0 Å². The minimum Gasteiger partial charge on any atom is -0.466 e. The van der Waals surface area contributed by atoms with E-state index >= 15 is 0 Å². The van der Waals surface area contributed by atoms with Crippen LogP contribution < -0.4 is 5.32 Å². The van der Waals surface area contributed by atoms with Gasteiger partial charge in [-0.1, -0.05) is 104 Å². The number of ether oxygens (including phenoxy) is 2. The maximum atomic E-state index is 12.7. The van der Waals surface area contributed by atoms with Gasteiger partial charge in [-0.05, 0) is 89.1 Å². The molecule has 59 heavy (non-hydrogen) atoms. The fraction of sp³-hybridized carbons (Fsp3) is 0.787. The van der Waals surface area contributed by atoms with E-state index in [-0.39, 0.29) is 26.1 Å². The summed E-state index contributed by atoms with van der Waals surface area (Å²) < 4.78 is 45.6. The average Bonchev–Trinajstić information content (AvgIpc) is 3.69. The molecule has 0 fully saturated rings. The summed E-state index contributed by atoms with van der Waals surface area (Å²) in [5.74, 6) is 3.71. The molecule has 0 aliphatic heterocycles. The lowest BCUT2D eigenvalue weighted by Crippen LogP contribution is -2.29. The van der Waals surface area contributed by atoms with Crippen molar-refractivity contribution in [1.29, 1.82) is 0 Å². The third kappa shape index (κ3) is 24.6. The van der Waals surface area contributed by atoms with Crippen molar-refractivity contribution in [2.24, 2.45) is 0 Å². The summed E-state index contributed by atoms with van der Waals surface area (Å²) >= 11 is 0. The zero-order valence-corrected chi connectivity index (χ0v) is 38.8. The molecule has 340 valence electrons. The Morgan fingerprint density at radius 2 is 1.17 bits per heavy atom. The Kier molecular flexibility index (Phi) is 28.9. The standard InChI is InChI=1S/C47H82NO10P/c1-7-9-22-28-41-35-38(3)43(56-41)29-23-18-14-12-10-11-13-15-21-26-32-47(50)57-42(37-55-59(51,52)54-34-33-48-6)36-53-46(49)31-25-20-17-16-19-24-30-45-40(5)39(4)44(58-45)27-8-2/h35,42,48H,7-34,36-37H2,1-6H3,(H,51,52)/t42-/m1/s1. The Labute approximate surface area is 357 Å². The first kappa shape index (κ1) is 52.7. The average molecular weight is 852 g/mol. The predicted octanol–water partition coefficient (Wildman–Crippen LogP) is 12.1. The van der Waals surface area contributed by atoms with Crippen LogP contribution in [0.25, 0.3) is 0 Å². The van der Waals surface area contributed by atoms with Gasteiger partial charge >= 0.3 is 19.8 Å². The third-order valence-corrected chi connectivity index (χ3v) is 12.0. The molecule has 0 saturated heterocycles. The molecule has 2 heterocycles. The number of furan rings is 2. The Balaban J connectivity index is 1.58. The van der Waals surface area contributed by atoms with Crippen molar-refractivity contribution in [3.8, 4) is 0 Å². The molecule has 0 spiro atoms. The van der Waals surface area contributed by atoms with Crippen LogP contribution in [0.15, 0.2) is 14.9 Å². The largest absolute Gasteiger partial charge is 0.472 e. The van der Waals surface area contributed by atoms with Crippen molar-refractivity contribution in [2.45, 2.75) is 208 Å². The van der Waals surface area contributed by atoms with Gasteiger partial charge in [0, 0.05) is 45.1 Å². The molecule has 0 bridgehead atoms. The zero-order chi connectivity index (χ0) is 43.1. The summed E-state index contributed by atoms with van der Waals surface area (Å²) in [6.45, 7) is 10.5. The summed E-state index contributed by atoms with van der Waals surface area (Å²) in [5, 5.41) is 2.82. The molecule has 2 atom stereocenters. The van der Waals surface area contributed by atoms with Gasteiger partial charge < -0.3 is 28.5 Å². The van der Waals surface area contributed by atoms with E-state index in [1.165, 1.54) is 80.2 Å². The summed E-state index contributed by atoms with van der Waals surface area (Å²) in [6.07, 6.45) is 25.3. The summed E-state index contributed by atoms with van der Waals surface area (Å²) in [7, 11) is -2.68. The van der Waals surface area contributed by atoms with Crippen LogP contribution in [-0.4, -0.2) is 56.3 Å². The lowest BCUT2D eigenvalue weighted by molar-refractivity contribution is -0.161. The molecular weight excluding hydrogens is 769 g/mol. The van der Waals surface area contributed by atoms with Crippen molar-refractivity contribution in [3.05, 3.63) is 45.8 Å². The van der Waals surface area contributed by atoms with Gasteiger partial charge in [-0.25, -0.2) is 4.57 Å². The Bertz CT molecular complexity index is 1450. The molecule has 0 aromatic carbocycles. The summed E-state index contributed by atoms with van der Waals surface area (Å²) in [6, 6.07) is 2.22. The fourth-order valence-corrected chi connectivity index (χ4v) is 8.01. The normalized spacial score (nSPS) is 13.1. The van der Waals surface area contributed by atoms with Crippen LogP contribution in [-0.2, 0) is 58.4 Å². The van der Waals surface area contributed by atoms with Crippen molar-refractivity contribution in [1.82, 2.24) is 5.32 Å². The number of carbonyl (C=O) groups excluding carboxylic acids is 2. The van der Waals surface area contributed by atoms with E-state index in [9.17, 15) is 19.0 Å². The molecule has 11 nitrogen and oxygen atoms in total. The van der Waals surface area contributed by atoms with Crippen LogP contribution in [0, 0.1) is 20.8 Å². The predicted molar refractivity (Wildman–Crippen MR) is 236 cm³/mol. The smallest absolute Gasteiger partial charge is 0.466 e. The molecule has 1 unspecified atom stereocenters. The number of carbonyl (C=O) groups is 2. The van der Waals surface area contributed by atoms with E-state index in [0.717, 1.165) is 101 Å². The second-order valence-corrected chi connectivity index (χ2v) is 17.8. The van der Waals surface area contributed by atoms with Gasteiger partial charge in [-0.2, -0.15) is 0 Å². The van der Waals surface area contributed by atoms with E-state index in [4.69, 9.17) is 27.4 Å². The molecule has 0 radical (unpaired) electrons. The van der Waals surface area contributed by atoms with Gasteiger partial charge in [0.25, 0.3) is 0 Å². The van der Waals surface area contributed by atoms with Gasteiger partial charge in [0.15, 0.2) is 6.10 Å². The highest BCUT2D eigenvalue weighted by Crippen LogP contribution is 2.43. The highest BCUT2D eigenvalue weighted by Gasteiger charge is 2.26. The number of nitrogens with one attached hydrogen (secondary N) is 1. The van der Waals surface area contributed by atoms with E-state index < -0.39 is 32.5 Å². The van der Waals surface area contributed by atoms with Gasteiger partial charge in [0.2, 0.25) is 0 Å². The number of phosphoric acid groups is 1. The minimum atomic E-state index is -4.37. The van der Waals surface area contributed by atoms with E-state index in [1.807, 2.05) is 0 Å². The molecule has 2 rings (SSSR count). The molecule has 0 aliphatic carbocycles. The van der Waals surface area contributed by atoms with Gasteiger partial charge in [0.1, 0.15) is 29.6 Å². The van der Waals surface area contributed by atoms with E-state index in [1.54, 1.807) is 7.05 Å². The Morgan fingerprint density at radius 1 is 0.644 bits per heavy atom. The lowest BCUT2D eigenvalue weighted by atomic mass is 10.0. The van der Waals surface area contributed by atoms with Crippen molar-refractivity contribution < 1.29 is 46.4 Å². The molecule has 0 aliphatic rings. The number of unbranched alkanes of at least 4 members (excludes halogenated alkanes) is 16. The van der Waals surface area contributed by atoms with Gasteiger partial charge in [-0.3, -0.25) is 18.6 Å². The van der Waals surface area contributed by atoms with Crippen LogP contribution in [0.5, 0.6) is 0 Å². The van der Waals surface area contributed by atoms with Crippen molar-refractivity contribution in [3.63, 3.8) is 0 Å². The number of likely N-dealkylation sites (N-methyl/N-ethyl adjacent to an activating group) is 1. The second kappa shape index (κ2) is 32.3. The molecule has 2 aromatic rings. The fourth-order valence-electron chi connectivity index (χ4n) is 7.26. The number of phosphoric ester groups is 1. The molecule has 2 N–H and O–H groups in total. The number of rotatable bonds is 38. The second-order valence-electron chi connectivity index (χ2n) is 16.4. The summed E-state index contributed by atoms with van der Waals surface area (Å²) in [4.78, 5) is 35.3. The number of aryl methyl sites for hydroxylation is 5. The molecular formula is C47H82NO10P. The summed E-state index contributed by atoms with van der Waals surface area (Å²) in [5.41, 5.74) is 3.88. The topological polar surface area (TPSA) is 147 Å². The van der Waals surface area contributed by atoms with Crippen LogP contribution in [0.4, 0.5) is 0 Å². The quantitative estimate of drug-likeness (QED) is 0.0378. The lowest BCUT2D eigenvalue weighted by Gasteiger charge is -2.20. The van der Waals surface area contributed by atoms with Crippen molar-refractivity contribution >= 4 is 19.8 Å². The first-order chi connectivity index (χ1) is 28.5. The number of hydrogen-bond acceptors (Lipinski definition) is 10. The van der Waals surface area contributed by atoms with Crippen LogP contribution >= 0.6 is 7.82 Å². The minimum absolute atomic E-state index is 0.0286. The van der Waals surface area contributed by atoms with Crippen molar-refractivity contribution in [2.75, 3.05) is 33.4 Å². The van der Waals surface area contributed by atoms with E-state index in [0.29, 0.717) is 19.4 Å². The first-order valence-corrected chi connectivity index (χ1v) is 24.8. The molecule has 12 heteroatoms. The number of esters is 2. The maximum absolute atomic E-state index is 12.7. The Hall–Kier alpha value is -2.43. The molecule has 0 saturated carbocycles. The highest BCUT2D eigenvalue weighted by atomic mass is 31.2.